The van der Waals surface area contributed by atoms with E-state index in [0.717, 1.165) is 0 Å². The molecule has 1 rings (SSSR count). The smallest absolute Gasteiger partial charge is 0.0175 e. The summed E-state index contributed by atoms with van der Waals surface area (Å²) in [7, 11) is 2.21. The van der Waals surface area contributed by atoms with Crippen LogP contribution in [-0.4, -0.2) is 18.5 Å². The van der Waals surface area contributed by atoms with Crippen LogP contribution in [0.2, 0.25) is 0 Å². The highest BCUT2D eigenvalue weighted by Crippen LogP contribution is 2.19. The van der Waals surface area contributed by atoms with E-state index in [2.05, 4.69) is 24.9 Å². The molecule has 0 aliphatic carbocycles. The van der Waals surface area contributed by atoms with E-state index < -0.39 is 0 Å². The predicted molar refractivity (Wildman–Crippen MR) is 54.1 cm³/mol. The van der Waals surface area contributed by atoms with Crippen molar-refractivity contribution in [3.63, 3.8) is 0 Å². The van der Waals surface area contributed by atoms with Gasteiger partial charge in [-0.15, -0.1) is 0 Å². The van der Waals surface area contributed by atoms with Crippen molar-refractivity contribution >= 4 is 0 Å². The molecule has 1 aliphatic heterocycles. The van der Waals surface area contributed by atoms with Gasteiger partial charge >= 0.3 is 0 Å². The Labute approximate surface area is 76.5 Å². The fourth-order valence-electron chi connectivity index (χ4n) is 1.75. The lowest BCUT2D eigenvalue weighted by molar-refractivity contribution is 0.478. The normalized spacial score (nSPS) is 20.8. The molecular formula is C11H21N. The van der Waals surface area contributed by atoms with Gasteiger partial charge in [-0.2, -0.15) is 0 Å². The summed E-state index contributed by atoms with van der Waals surface area (Å²) >= 11 is 0. The van der Waals surface area contributed by atoms with Gasteiger partial charge in [-0.3, -0.25) is 0 Å². The standard InChI is InChI=1S/C11H21N/c1-3-4-5-6-8-11-9-7-10-12(11)2/h8H,3-7,9-10H2,1-2H3. The van der Waals surface area contributed by atoms with Crippen molar-refractivity contribution in [3.8, 4) is 0 Å². The van der Waals surface area contributed by atoms with Crippen molar-refractivity contribution in [3.05, 3.63) is 11.8 Å². The molecule has 0 aromatic rings. The highest BCUT2D eigenvalue weighted by Gasteiger charge is 2.10. The van der Waals surface area contributed by atoms with Crippen LogP contribution in [0.3, 0.4) is 0 Å². The molecule has 0 atom stereocenters. The molecule has 1 heteroatoms. The van der Waals surface area contributed by atoms with Crippen molar-refractivity contribution in [1.29, 1.82) is 0 Å². The molecule has 1 saturated heterocycles. The van der Waals surface area contributed by atoms with E-state index in [9.17, 15) is 0 Å². The molecule has 0 saturated carbocycles. The lowest BCUT2D eigenvalue weighted by Crippen LogP contribution is -2.09. The Kier molecular flexibility index (Phi) is 4.20. The summed E-state index contributed by atoms with van der Waals surface area (Å²) in [5, 5.41) is 0. The number of rotatable bonds is 4. The van der Waals surface area contributed by atoms with E-state index >= 15 is 0 Å². The van der Waals surface area contributed by atoms with Crippen LogP contribution in [0.5, 0.6) is 0 Å². The molecular weight excluding hydrogens is 146 g/mol. The lowest BCUT2D eigenvalue weighted by atomic mass is 10.2. The highest BCUT2D eigenvalue weighted by atomic mass is 15.1. The number of likely N-dealkylation sites (tertiary alicyclic amines) is 1. The maximum atomic E-state index is 2.43. The topological polar surface area (TPSA) is 3.24 Å². The van der Waals surface area contributed by atoms with Gasteiger partial charge < -0.3 is 4.90 Å². The van der Waals surface area contributed by atoms with Crippen LogP contribution in [0.1, 0.15) is 45.4 Å². The summed E-state index contributed by atoms with van der Waals surface area (Å²) < 4.78 is 0. The van der Waals surface area contributed by atoms with Crippen molar-refractivity contribution in [2.75, 3.05) is 13.6 Å². The van der Waals surface area contributed by atoms with Crippen LogP contribution in [0.4, 0.5) is 0 Å². The lowest BCUT2D eigenvalue weighted by Gasteiger charge is -2.11. The molecule has 0 bridgehead atoms. The monoisotopic (exact) mass is 167 g/mol. The first kappa shape index (κ1) is 9.63. The fourth-order valence-corrected chi connectivity index (χ4v) is 1.75. The molecule has 0 spiro atoms. The van der Waals surface area contributed by atoms with E-state index in [1.54, 1.807) is 5.70 Å². The number of allylic oxidation sites excluding steroid dienone is 2. The minimum atomic E-state index is 1.26. The van der Waals surface area contributed by atoms with Gasteiger partial charge in [0.1, 0.15) is 0 Å². The van der Waals surface area contributed by atoms with Crippen molar-refractivity contribution in [2.24, 2.45) is 0 Å². The maximum absolute atomic E-state index is 2.43. The zero-order chi connectivity index (χ0) is 8.81. The maximum Gasteiger partial charge on any atom is 0.0175 e. The SMILES string of the molecule is CCCCCC=C1CCCN1C. The first-order chi connectivity index (χ1) is 5.84. The van der Waals surface area contributed by atoms with Crippen molar-refractivity contribution in [2.45, 2.75) is 45.4 Å². The largest absolute Gasteiger partial charge is 0.378 e. The Morgan fingerprint density at radius 1 is 1.42 bits per heavy atom. The summed E-state index contributed by atoms with van der Waals surface area (Å²) in [6.07, 6.45) is 10.5. The molecule has 0 aromatic heterocycles. The zero-order valence-electron chi connectivity index (χ0n) is 8.47. The predicted octanol–water partition coefficient (Wildman–Crippen LogP) is 3.18. The molecule has 1 nitrogen and oxygen atoms in total. The molecule has 0 unspecified atom stereocenters. The first-order valence-electron chi connectivity index (χ1n) is 5.24. The highest BCUT2D eigenvalue weighted by molar-refractivity contribution is 5.04. The van der Waals surface area contributed by atoms with Gasteiger partial charge in [-0.25, -0.2) is 0 Å². The van der Waals surface area contributed by atoms with Crippen molar-refractivity contribution in [1.82, 2.24) is 4.90 Å². The molecule has 0 aromatic carbocycles. The van der Waals surface area contributed by atoms with Crippen LogP contribution in [0.15, 0.2) is 11.8 Å². The molecule has 1 aliphatic rings. The second kappa shape index (κ2) is 5.23. The van der Waals surface area contributed by atoms with E-state index in [0.29, 0.717) is 0 Å². The Bertz CT molecular complexity index is 149. The number of hydrogen-bond acceptors (Lipinski definition) is 1. The molecule has 1 fully saturated rings. The van der Waals surface area contributed by atoms with Crippen molar-refractivity contribution < 1.29 is 0 Å². The minimum absolute atomic E-state index is 1.26. The third kappa shape index (κ3) is 2.88. The van der Waals surface area contributed by atoms with Gasteiger partial charge in [0.25, 0.3) is 0 Å². The van der Waals surface area contributed by atoms with Gasteiger partial charge in [0, 0.05) is 19.3 Å². The summed E-state index contributed by atoms with van der Waals surface area (Å²) in [5.74, 6) is 0. The van der Waals surface area contributed by atoms with E-state index in [1.165, 1.54) is 45.1 Å². The average Bonchev–Trinajstić information content (AvgIpc) is 2.46. The summed E-state index contributed by atoms with van der Waals surface area (Å²) in [6.45, 7) is 3.52. The molecule has 0 amide bonds. The van der Waals surface area contributed by atoms with Gasteiger partial charge in [0.05, 0.1) is 0 Å². The molecule has 0 N–H and O–H groups in total. The Morgan fingerprint density at radius 2 is 2.25 bits per heavy atom. The second-order valence-electron chi connectivity index (χ2n) is 3.72. The van der Waals surface area contributed by atoms with Gasteiger partial charge in [-0.1, -0.05) is 25.8 Å². The van der Waals surface area contributed by atoms with Crippen LogP contribution in [0, 0.1) is 0 Å². The van der Waals surface area contributed by atoms with Gasteiger partial charge in [-0.05, 0) is 25.7 Å². The molecule has 1 heterocycles. The molecule has 12 heavy (non-hydrogen) atoms. The molecule has 70 valence electrons. The molecule has 0 radical (unpaired) electrons. The van der Waals surface area contributed by atoms with Crippen LogP contribution in [0.25, 0.3) is 0 Å². The van der Waals surface area contributed by atoms with Crippen LogP contribution < -0.4 is 0 Å². The van der Waals surface area contributed by atoms with E-state index in [-0.39, 0.29) is 0 Å². The fraction of sp³-hybridized carbons (Fsp3) is 0.818. The zero-order valence-corrected chi connectivity index (χ0v) is 8.47. The Morgan fingerprint density at radius 3 is 2.83 bits per heavy atom. The number of nitrogens with zero attached hydrogens (tertiary/aromatic N) is 1. The second-order valence-corrected chi connectivity index (χ2v) is 3.72. The van der Waals surface area contributed by atoms with Gasteiger partial charge in [0.15, 0.2) is 0 Å². The van der Waals surface area contributed by atoms with E-state index in [1.807, 2.05) is 0 Å². The summed E-state index contributed by atoms with van der Waals surface area (Å²) in [5.41, 5.74) is 1.58. The Hall–Kier alpha value is -0.460. The summed E-state index contributed by atoms with van der Waals surface area (Å²) in [4.78, 5) is 2.39. The third-order valence-corrected chi connectivity index (χ3v) is 2.60. The minimum Gasteiger partial charge on any atom is -0.378 e. The van der Waals surface area contributed by atoms with Crippen LogP contribution in [-0.2, 0) is 0 Å². The number of unbranched alkanes of at least 4 members (excludes halogenated alkanes) is 3. The quantitative estimate of drug-likeness (QED) is 0.581. The van der Waals surface area contributed by atoms with Crippen LogP contribution >= 0.6 is 0 Å². The number of hydrogen-bond donors (Lipinski definition) is 0. The Balaban J connectivity index is 2.17. The summed E-state index contributed by atoms with van der Waals surface area (Å²) in [6, 6.07) is 0. The third-order valence-electron chi connectivity index (χ3n) is 2.60. The average molecular weight is 167 g/mol. The van der Waals surface area contributed by atoms with Gasteiger partial charge in [0.2, 0.25) is 0 Å². The van der Waals surface area contributed by atoms with E-state index in [4.69, 9.17) is 0 Å². The first-order valence-corrected chi connectivity index (χ1v) is 5.24.